The molecular weight excluding hydrogens is 444 g/mol. The van der Waals surface area contributed by atoms with Crippen molar-refractivity contribution in [2.24, 2.45) is 0 Å². The molecule has 0 saturated carbocycles. The van der Waals surface area contributed by atoms with Gasteiger partial charge >= 0.3 is 0 Å². The molecule has 2 rings (SSSR count). The quantitative estimate of drug-likeness (QED) is 0.605. The van der Waals surface area contributed by atoms with Crippen molar-refractivity contribution in [1.82, 2.24) is 10.2 Å². The zero-order valence-electron chi connectivity index (χ0n) is 15.2. The fourth-order valence-electron chi connectivity index (χ4n) is 2.56. The van der Waals surface area contributed by atoms with Gasteiger partial charge in [0, 0.05) is 10.0 Å². The molecule has 0 fully saturated rings. The Morgan fingerprint density at radius 3 is 2.18 bits per heavy atom. The molecular formula is C19H19Cl4N3O2. The molecule has 1 atom stereocenters. The Balaban J connectivity index is 1.87. The van der Waals surface area contributed by atoms with Gasteiger partial charge in [-0.3, -0.25) is 14.5 Å². The number of carbonyl (C=O) groups excluding carboxylic acids is 2. The fraction of sp³-hybridized carbons (Fsp3) is 0.263. The molecule has 0 spiro atoms. The molecule has 0 bridgehead atoms. The summed E-state index contributed by atoms with van der Waals surface area (Å²) in [5, 5.41) is 7.19. The Kier molecular flexibility index (Phi) is 8.40. The van der Waals surface area contributed by atoms with Crippen LogP contribution in [0.15, 0.2) is 36.4 Å². The molecule has 9 heteroatoms. The number of hydrogen-bond acceptors (Lipinski definition) is 3. The summed E-state index contributed by atoms with van der Waals surface area (Å²) in [5.74, 6) is -0.580. The van der Waals surface area contributed by atoms with Crippen molar-refractivity contribution < 1.29 is 9.59 Å². The smallest absolute Gasteiger partial charge is 0.238 e. The van der Waals surface area contributed by atoms with Crippen LogP contribution in [0, 0.1) is 0 Å². The Labute approximate surface area is 183 Å². The maximum Gasteiger partial charge on any atom is 0.238 e. The van der Waals surface area contributed by atoms with E-state index >= 15 is 0 Å². The first-order chi connectivity index (χ1) is 13.2. The summed E-state index contributed by atoms with van der Waals surface area (Å²) in [6.07, 6.45) is 0. The molecule has 2 aromatic carbocycles. The normalized spacial score (nSPS) is 12.0. The van der Waals surface area contributed by atoms with E-state index in [1.54, 1.807) is 48.3 Å². The van der Waals surface area contributed by atoms with E-state index in [0.29, 0.717) is 25.8 Å². The largest absolute Gasteiger partial charge is 0.348 e. The van der Waals surface area contributed by atoms with Crippen LogP contribution in [0.5, 0.6) is 0 Å². The average Bonchev–Trinajstić information content (AvgIpc) is 2.57. The summed E-state index contributed by atoms with van der Waals surface area (Å²) >= 11 is 24.1. The van der Waals surface area contributed by atoms with Gasteiger partial charge in [-0.1, -0.05) is 58.5 Å². The van der Waals surface area contributed by atoms with Crippen LogP contribution in [0.1, 0.15) is 18.5 Å². The zero-order valence-corrected chi connectivity index (χ0v) is 18.3. The molecule has 1 unspecified atom stereocenters. The van der Waals surface area contributed by atoms with Gasteiger partial charge < -0.3 is 10.6 Å². The third kappa shape index (κ3) is 6.54. The maximum absolute atomic E-state index is 12.3. The number of halogens is 4. The summed E-state index contributed by atoms with van der Waals surface area (Å²) in [7, 11) is 1.66. The Morgan fingerprint density at radius 1 is 0.964 bits per heavy atom. The van der Waals surface area contributed by atoms with Crippen LogP contribution < -0.4 is 10.6 Å². The van der Waals surface area contributed by atoms with Crippen molar-refractivity contribution >= 4 is 63.9 Å². The van der Waals surface area contributed by atoms with Crippen LogP contribution in [0.25, 0.3) is 0 Å². The van der Waals surface area contributed by atoms with Gasteiger partial charge in [-0.15, -0.1) is 0 Å². The van der Waals surface area contributed by atoms with Crippen molar-refractivity contribution in [1.29, 1.82) is 0 Å². The van der Waals surface area contributed by atoms with E-state index in [9.17, 15) is 9.59 Å². The molecule has 150 valence electrons. The van der Waals surface area contributed by atoms with Gasteiger partial charge in [-0.2, -0.15) is 0 Å². The van der Waals surface area contributed by atoms with Crippen molar-refractivity contribution in [2.75, 3.05) is 25.5 Å². The highest BCUT2D eigenvalue weighted by molar-refractivity contribution is 6.39. The predicted molar refractivity (Wildman–Crippen MR) is 116 cm³/mol. The number of benzene rings is 2. The van der Waals surface area contributed by atoms with Crippen molar-refractivity contribution in [3.05, 3.63) is 62.1 Å². The van der Waals surface area contributed by atoms with Crippen LogP contribution in [0.3, 0.4) is 0 Å². The zero-order chi connectivity index (χ0) is 20.8. The summed E-state index contributed by atoms with van der Waals surface area (Å²) in [5.41, 5.74) is 1.10. The number of hydrogen-bond donors (Lipinski definition) is 2. The Bertz CT molecular complexity index is 856. The molecule has 5 nitrogen and oxygen atoms in total. The molecule has 2 N–H and O–H groups in total. The SMILES string of the molecule is CC(NC(=O)CN(C)CC(=O)Nc1c(Cl)cccc1Cl)c1ccc(Cl)cc1Cl. The van der Waals surface area contributed by atoms with E-state index in [1.807, 2.05) is 6.92 Å². The van der Waals surface area contributed by atoms with E-state index in [4.69, 9.17) is 46.4 Å². The minimum atomic E-state index is -0.334. The molecule has 0 aliphatic carbocycles. The monoisotopic (exact) mass is 461 g/mol. The number of rotatable bonds is 7. The second-order valence-electron chi connectivity index (χ2n) is 6.27. The highest BCUT2D eigenvalue weighted by Gasteiger charge is 2.16. The van der Waals surface area contributed by atoms with Gasteiger partial charge in [0.05, 0.1) is 34.9 Å². The Hall–Kier alpha value is -1.50. The van der Waals surface area contributed by atoms with Crippen LogP contribution in [0.2, 0.25) is 20.1 Å². The lowest BCUT2D eigenvalue weighted by Gasteiger charge is -2.20. The summed E-state index contributed by atoms with van der Waals surface area (Å²) in [6.45, 7) is 1.84. The van der Waals surface area contributed by atoms with E-state index in [-0.39, 0.29) is 30.9 Å². The molecule has 28 heavy (non-hydrogen) atoms. The second kappa shape index (κ2) is 10.3. The van der Waals surface area contributed by atoms with Crippen LogP contribution in [0.4, 0.5) is 5.69 Å². The number of carbonyl (C=O) groups is 2. The third-order valence-electron chi connectivity index (χ3n) is 3.86. The summed E-state index contributed by atoms with van der Waals surface area (Å²) < 4.78 is 0. The second-order valence-corrected chi connectivity index (χ2v) is 7.93. The van der Waals surface area contributed by atoms with Gasteiger partial charge in [0.15, 0.2) is 0 Å². The molecule has 0 radical (unpaired) electrons. The van der Waals surface area contributed by atoms with Crippen LogP contribution in [-0.4, -0.2) is 36.9 Å². The highest BCUT2D eigenvalue weighted by Crippen LogP contribution is 2.29. The number of nitrogens with zero attached hydrogens (tertiary/aromatic N) is 1. The number of para-hydroxylation sites is 1. The lowest BCUT2D eigenvalue weighted by Crippen LogP contribution is -2.39. The molecule has 2 amide bonds. The lowest BCUT2D eigenvalue weighted by atomic mass is 10.1. The molecule has 0 heterocycles. The molecule has 0 aromatic heterocycles. The first-order valence-corrected chi connectivity index (χ1v) is 9.85. The number of nitrogens with one attached hydrogen (secondary N) is 2. The van der Waals surface area contributed by atoms with E-state index in [1.165, 1.54) is 0 Å². The van der Waals surface area contributed by atoms with Crippen LogP contribution >= 0.6 is 46.4 Å². The van der Waals surface area contributed by atoms with Crippen molar-refractivity contribution in [2.45, 2.75) is 13.0 Å². The van der Waals surface area contributed by atoms with Gasteiger partial charge in [-0.05, 0) is 43.8 Å². The minimum absolute atomic E-state index is 0.00887. The van der Waals surface area contributed by atoms with Crippen molar-refractivity contribution in [3.63, 3.8) is 0 Å². The van der Waals surface area contributed by atoms with Gasteiger partial charge in [0.2, 0.25) is 11.8 Å². The van der Waals surface area contributed by atoms with E-state index < -0.39 is 0 Å². The van der Waals surface area contributed by atoms with Gasteiger partial charge in [0.1, 0.15) is 0 Å². The van der Waals surface area contributed by atoms with Gasteiger partial charge in [0.25, 0.3) is 0 Å². The predicted octanol–water partition coefficient (Wildman–Crippen LogP) is 5.05. The molecule has 2 aromatic rings. The first-order valence-electron chi connectivity index (χ1n) is 8.34. The average molecular weight is 463 g/mol. The number of anilines is 1. The fourth-order valence-corrected chi connectivity index (χ4v) is 3.62. The number of amides is 2. The summed E-state index contributed by atoms with van der Waals surface area (Å²) in [4.78, 5) is 26.0. The van der Waals surface area contributed by atoms with E-state index in [0.717, 1.165) is 5.56 Å². The van der Waals surface area contributed by atoms with Gasteiger partial charge in [-0.25, -0.2) is 0 Å². The standard InChI is InChI=1S/C19H19Cl4N3O2/c1-11(13-7-6-12(20)8-16(13)23)24-17(27)9-26(2)10-18(28)25-19-14(21)4-3-5-15(19)22/h3-8,11H,9-10H2,1-2H3,(H,24,27)(H,25,28). The highest BCUT2D eigenvalue weighted by atomic mass is 35.5. The Morgan fingerprint density at radius 2 is 1.57 bits per heavy atom. The third-order valence-corrected chi connectivity index (χ3v) is 5.05. The topological polar surface area (TPSA) is 61.4 Å². The summed E-state index contributed by atoms with van der Waals surface area (Å²) in [6, 6.07) is 9.73. The number of likely N-dealkylation sites (N-methyl/N-ethyl adjacent to an activating group) is 1. The maximum atomic E-state index is 12.3. The lowest BCUT2D eigenvalue weighted by molar-refractivity contribution is -0.123. The first kappa shape index (κ1) is 22.8. The molecule has 0 saturated heterocycles. The molecule has 0 aliphatic heterocycles. The van der Waals surface area contributed by atoms with Crippen LogP contribution in [-0.2, 0) is 9.59 Å². The minimum Gasteiger partial charge on any atom is -0.348 e. The molecule has 0 aliphatic rings. The van der Waals surface area contributed by atoms with E-state index in [2.05, 4.69) is 10.6 Å². The van der Waals surface area contributed by atoms with Crippen molar-refractivity contribution in [3.8, 4) is 0 Å².